The van der Waals surface area contributed by atoms with Crippen LogP contribution >= 0.6 is 15.9 Å². The number of nitrogens with one attached hydrogen (secondary N) is 1. The number of carbonyl (C=O) groups excluding carboxylic acids is 2. The first-order valence-electron chi connectivity index (χ1n) is 16.2. The Morgan fingerprint density at radius 1 is 0.857 bits per heavy atom. The van der Waals surface area contributed by atoms with Crippen molar-refractivity contribution in [3.05, 3.63) is 118 Å². The summed E-state index contributed by atoms with van der Waals surface area (Å²) in [7, 11) is -4.41. The van der Waals surface area contributed by atoms with E-state index < -0.39 is 34.3 Å². The Morgan fingerprint density at radius 3 is 2.27 bits per heavy atom. The molecule has 1 saturated carbocycles. The van der Waals surface area contributed by atoms with Crippen LogP contribution in [-0.4, -0.2) is 57.0 Å². The van der Waals surface area contributed by atoms with E-state index >= 15 is 0 Å². The first-order chi connectivity index (χ1) is 23.7. The number of hydrogen-bond acceptors (Lipinski definition) is 6. The number of carbonyl (C=O) groups is 2. The van der Waals surface area contributed by atoms with Crippen LogP contribution in [0.1, 0.15) is 36.8 Å². The van der Waals surface area contributed by atoms with Crippen LogP contribution in [0.5, 0.6) is 11.5 Å². The summed E-state index contributed by atoms with van der Waals surface area (Å²) in [5, 5.41) is 3.17. The minimum Gasteiger partial charge on any atom is -0.486 e. The van der Waals surface area contributed by atoms with Crippen LogP contribution in [0.25, 0.3) is 0 Å². The normalized spacial score (nSPS) is 15.0. The molecule has 0 saturated heterocycles. The molecule has 1 fully saturated rings. The van der Waals surface area contributed by atoms with Gasteiger partial charge in [0, 0.05) is 29.5 Å². The van der Waals surface area contributed by atoms with Crippen LogP contribution < -0.4 is 19.1 Å². The summed E-state index contributed by atoms with van der Waals surface area (Å²) in [5.41, 5.74) is 1.68. The van der Waals surface area contributed by atoms with Crippen molar-refractivity contribution < 1.29 is 31.9 Å². The lowest BCUT2D eigenvalue weighted by Gasteiger charge is -2.34. The molecule has 1 atom stereocenters. The molecule has 4 aromatic carbocycles. The lowest BCUT2D eigenvalue weighted by Crippen LogP contribution is -2.54. The molecule has 256 valence electrons. The van der Waals surface area contributed by atoms with Gasteiger partial charge in [0.2, 0.25) is 11.8 Å². The van der Waals surface area contributed by atoms with Crippen molar-refractivity contribution in [3.63, 3.8) is 0 Å². The Labute approximate surface area is 294 Å². The Balaban J connectivity index is 1.40. The van der Waals surface area contributed by atoms with Crippen LogP contribution in [0.3, 0.4) is 0 Å². The van der Waals surface area contributed by atoms with E-state index in [4.69, 9.17) is 9.47 Å². The minimum absolute atomic E-state index is 0.0000981. The van der Waals surface area contributed by atoms with E-state index in [1.165, 1.54) is 35.2 Å². The second-order valence-corrected chi connectivity index (χ2v) is 14.9. The van der Waals surface area contributed by atoms with Crippen LogP contribution in [0.4, 0.5) is 10.1 Å². The molecule has 6 rings (SSSR count). The summed E-state index contributed by atoms with van der Waals surface area (Å²) in [6.07, 6.45) is 3.95. The van der Waals surface area contributed by atoms with E-state index in [9.17, 15) is 22.4 Å². The van der Waals surface area contributed by atoms with Crippen molar-refractivity contribution in [1.82, 2.24) is 10.2 Å². The van der Waals surface area contributed by atoms with E-state index in [-0.39, 0.29) is 47.9 Å². The zero-order valence-electron chi connectivity index (χ0n) is 26.8. The van der Waals surface area contributed by atoms with E-state index in [2.05, 4.69) is 21.2 Å². The molecule has 0 spiro atoms. The molecule has 0 unspecified atom stereocenters. The number of anilines is 1. The fraction of sp³-hybridized carbons (Fsp3) is 0.297. The van der Waals surface area contributed by atoms with Crippen LogP contribution in [-0.2, 0) is 32.6 Å². The number of halogens is 2. The molecule has 1 aliphatic heterocycles. The van der Waals surface area contributed by atoms with Gasteiger partial charge in [-0.3, -0.25) is 13.9 Å². The van der Waals surface area contributed by atoms with Crippen LogP contribution in [0.15, 0.2) is 106 Å². The summed E-state index contributed by atoms with van der Waals surface area (Å²) < 4.78 is 55.8. The van der Waals surface area contributed by atoms with E-state index in [1.807, 2.05) is 54.6 Å². The molecule has 12 heteroatoms. The van der Waals surface area contributed by atoms with Gasteiger partial charge in [-0.25, -0.2) is 12.8 Å². The Bertz CT molecular complexity index is 1890. The van der Waals surface area contributed by atoms with Gasteiger partial charge in [0.1, 0.15) is 31.6 Å². The van der Waals surface area contributed by atoms with Crippen molar-refractivity contribution in [3.8, 4) is 11.5 Å². The Hall–Kier alpha value is -4.42. The molecule has 1 heterocycles. The zero-order chi connectivity index (χ0) is 34.4. The predicted molar refractivity (Wildman–Crippen MR) is 187 cm³/mol. The van der Waals surface area contributed by atoms with Crippen molar-refractivity contribution in [1.29, 1.82) is 0 Å². The highest BCUT2D eigenvalue weighted by atomic mass is 79.9. The number of benzene rings is 4. The highest BCUT2D eigenvalue weighted by Gasteiger charge is 2.36. The third kappa shape index (κ3) is 8.42. The number of amides is 2. The molecular weight excluding hydrogens is 713 g/mol. The molecule has 0 radical (unpaired) electrons. The predicted octanol–water partition coefficient (Wildman–Crippen LogP) is 6.25. The van der Waals surface area contributed by atoms with E-state index in [0.717, 1.165) is 57.7 Å². The molecule has 49 heavy (non-hydrogen) atoms. The maximum Gasteiger partial charge on any atom is 0.264 e. The molecule has 2 amide bonds. The summed E-state index contributed by atoms with van der Waals surface area (Å²) in [6, 6.07) is 25.0. The molecule has 0 bridgehead atoms. The second kappa shape index (κ2) is 15.4. The van der Waals surface area contributed by atoms with Gasteiger partial charge < -0.3 is 19.7 Å². The third-order valence-corrected chi connectivity index (χ3v) is 11.0. The fourth-order valence-corrected chi connectivity index (χ4v) is 8.08. The minimum atomic E-state index is -4.41. The van der Waals surface area contributed by atoms with Crippen LogP contribution in [0, 0.1) is 5.82 Å². The SMILES string of the molecule is O=C(NC1CCCC1)[C@H](Cc1ccccc1)N(Cc1cccc(Br)c1)C(=O)CN(c1ccc(F)cc1)S(=O)(=O)c1ccc2c(c1)OCCO2. The first-order valence-corrected chi connectivity index (χ1v) is 18.5. The Kier molecular flexibility index (Phi) is 10.8. The number of rotatable bonds is 12. The lowest BCUT2D eigenvalue weighted by atomic mass is 10.0. The van der Waals surface area contributed by atoms with Gasteiger partial charge in [-0.2, -0.15) is 0 Å². The number of fused-ring (bicyclic) bond motifs is 1. The molecule has 1 aliphatic carbocycles. The van der Waals surface area contributed by atoms with Gasteiger partial charge in [0.25, 0.3) is 10.0 Å². The summed E-state index contributed by atoms with van der Waals surface area (Å²) in [5.74, 6) is -0.795. The third-order valence-electron chi connectivity index (χ3n) is 8.71. The quantitative estimate of drug-likeness (QED) is 0.184. The number of sulfonamides is 1. The fourth-order valence-electron chi connectivity index (χ4n) is 6.20. The molecule has 0 aromatic heterocycles. The van der Waals surface area contributed by atoms with Crippen molar-refractivity contribution >= 4 is 43.5 Å². The lowest BCUT2D eigenvalue weighted by molar-refractivity contribution is -0.140. The maximum absolute atomic E-state index is 14.7. The number of hydrogen-bond donors (Lipinski definition) is 1. The smallest absolute Gasteiger partial charge is 0.264 e. The zero-order valence-corrected chi connectivity index (χ0v) is 29.2. The number of nitrogens with zero attached hydrogens (tertiary/aromatic N) is 2. The van der Waals surface area contributed by atoms with Crippen molar-refractivity contribution in [2.45, 2.75) is 55.6 Å². The maximum atomic E-state index is 14.7. The van der Waals surface area contributed by atoms with Gasteiger partial charge in [0.05, 0.1) is 10.6 Å². The van der Waals surface area contributed by atoms with Gasteiger partial charge in [0.15, 0.2) is 11.5 Å². The Morgan fingerprint density at radius 2 is 1.55 bits per heavy atom. The summed E-state index contributed by atoms with van der Waals surface area (Å²) in [6.45, 7) is -0.0257. The van der Waals surface area contributed by atoms with Crippen LogP contribution in [0.2, 0.25) is 0 Å². The van der Waals surface area contributed by atoms with E-state index in [1.54, 1.807) is 0 Å². The molecule has 4 aromatic rings. The monoisotopic (exact) mass is 749 g/mol. The highest BCUT2D eigenvalue weighted by Crippen LogP contribution is 2.34. The average Bonchev–Trinajstić information content (AvgIpc) is 3.62. The second-order valence-electron chi connectivity index (χ2n) is 12.1. The molecule has 1 N–H and O–H groups in total. The largest absolute Gasteiger partial charge is 0.486 e. The van der Waals surface area contributed by atoms with Gasteiger partial charge in [-0.15, -0.1) is 0 Å². The van der Waals surface area contributed by atoms with Gasteiger partial charge in [-0.05, 0) is 72.5 Å². The van der Waals surface area contributed by atoms with Crippen molar-refractivity contribution in [2.75, 3.05) is 24.1 Å². The molecule has 2 aliphatic rings. The van der Waals surface area contributed by atoms with Gasteiger partial charge in [-0.1, -0.05) is 71.2 Å². The highest BCUT2D eigenvalue weighted by molar-refractivity contribution is 9.10. The van der Waals surface area contributed by atoms with E-state index in [0.29, 0.717) is 12.4 Å². The summed E-state index contributed by atoms with van der Waals surface area (Å²) >= 11 is 3.50. The topological polar surface area (TPSA) is 105 Å². The molecular formula is C37H37BrFN3O6S. The van der Waals surface area contributed by atoms with Gasteiger partial charge >= 0.3 is 0 Å². The molecule has 9 nitrogen and oxygen atoms in total. The average molecular weight is 751 g/mol. The van der Waals surface area contributed by atoms with Crippen molar-refractivity contribution in [2.24, 2.45) is 0 Å². The number of ether oxygens (including phenoxy) is 2. The first kappa shape index (κ1) is 34.4. The standard InChI is InChI=1S/C37H37BrFN3O6S/c38-28-10-6-9-27(21-28)24-41(33(22-26-7-2-1-3-8-26)37(44)40-30-11-4-5-12-30)36(43)25-42(31-15-13-29(39)14-16-31)49(45,46)32-17-18-34-35(23-32)48-20-19-47-34/h1-3,6-10,13-18,21,23,30,33H,4-5,11-12,19-20,22,24-25H2,(H,40,44)/t33-/m0/s1. The summed E-state index contributed by atoms with van der Waals surface area (Å²) in [4.78, 5) is 30.1.